The van der Waals surface area contributed by atoms with Crippen LogP contribution in [0, 0.1) is 0 Å². The van der Waals surface area contributed by atoms with Crippen LogP contribution >= 0.6 is 47.3 Å². The van der Waals surface area contributed by atoms with Gasteiger partial charge in [0.15, 0.2) is 5.96 Å². The second-order valence-corrected chi connectivity index (χ2v) is 4.98. The quantitative estimate of drug-likeness (QED) is 0.247. The van der Waals surface area contributed by atoms with Crippen LogP contribution < -0.4 is 10.6 Å². The summed E-state index contributed by atoms with van der Waals surface area (Å²) in [5.41, 5.74) is 1.04. The summed E-state index contributed by atoms with van der Waals surface area (Å²) < 4.78 is 0. The van der Waals surface area contributed by atoms with Gasteiger partial charge in [-0.1, -0.05) is 17.7 Å². The smallest absolute Gasteiger partial charge is 0.191 e. The Morgan fingerprint density at radius 1 is 1.42 bits per heavy atom. The van der Waals surface area contributed by atoms with Gasteiger partial charge in [0.2, 0.25) is 0 Å². The van der Waals surface area contributed by atoms with E-state index in [0.29, 0.717) is 11.7 Å². The van der Waals surface area contributed by atoms with Crippen LogP contribution in [0.25, 0.3) is 0 Å². The summed E-state index contributed by atoms with van der Waals surface area (Å²) >= 11 is 7.54. The maximum absolute atomic E-state index is 5.73. The molecule has 108 valence electrons. The molecule has 0 fully saturated rings. The highest BCUT2D eigenvalue weighted by atomic mass is 127. The molecular weight excluding hydrogens is 395 g/mol. The molecule has 1 rings (SSSR count). The van der Waals surface area contributed by atoms with Crippen LogP contribution in [-0.2, 0) is 6.54 Å². The van der Waals surface area contributed by atoms with Crippen molar-refractivity contribution >= 4 is 53.3 Å². The summed E-state index contributed by atoms with van der Waals surface area (Å²) in [5.74, 6) is 1.90. The largest absolute Gasteiger partial charge is 0.357 e. The molecule has 0 saturated carbocycles. The van der Waals surface area contributed by atoms with Crippen molar-refractivity contribution in [1.82, 2.24) is 15.6 Å². The minimum atomic E-state index is 0. The number of aliphatic imine (C=N–C) groups is 1. The van der Waals surface area contributed by atoms with Gasteiger partial charge < -0.3 is 10.6 Å². The fraction of sp³-hybridized carbons (Fsp3) is 0.500. The minimum Gasteiger partial charge on any atom is -0.357 e. The Bertz CT molecular complexity index is 372. The molecule has 0 aliphatic rings. The molecule has 1 aromatic heterocycles. The monoisotopic (exact) mass is 414 g/mol. The maximum Gasteiger partial charge on any atom is 0.191 e. The molecule has 4 nitrogen and oxygen atoms in total. The first kappa shape index (κ1) is 18.8. The third kappa shape index (κ3) is 8.54. The van der Waals surface area contributed by atoms with Gasteiger partial charge in [-0.2, -0.15) is 11.8 Å². The second kappa shape index (κ2) is 11.6. The topological polar surface area (TPSA) is 49.3 Å². The van der Waals surface area contributed by atoms with E-state index in [1.54, 1.807) is 12.3 Å². The van der Waals surface area contributed by atoms with Crippen molar-refractivity contribution in [2.45, 2.75) is 13.5 Å². The van der Waals surface area contributed by atoms with Crippen LogP contribution in [0.2, 0.25) is 5.15 Å². The molecule has 19 heavy (non-hydrogen) atoms. The maximum atomic E-state index is 5.73. The summed E-state index contributed by atoms with van der Waals surface area (Å²) in [7, 11) is 0. The van der Waals surface area contributed by atoms with Crippen molar-refractivity contribution in [2.75, 3.05) is 25.1 Å². The van der Waals surface area contributed by atoms with Gasteiger partial charge in [-0.15, -0.1) is 24.0 Å². The summed E-state index contributed by atoms with van der Waals surface area (Å²) in [6.45, 7) is 4.41. The minimum absolute atomic E-state index is 0. The fourth-order valence-electron chi connectivity index (χ4n) is 1.28. The molecule has 0 atom stereocenters. The third-order valence-corrected chi connectivity index (χ3v) is 2.99. The predicted molar refractivity (Wildman–Crippen MR) is 95.9 cm³/mol. The first-order valence-corrected chi connectivity index (χ1v) is 7.65. The van der Waals surface area contributed by atoms with Gasteiger partial charge in [0.25, 0.3) is 0 Å². The Kier molecular flexibility index (Phi) is 11.5. The molecule has 0 radical (unpaired) electrons. The number of rotatable bonds is 6. The number of guanidine groups is 1. The van der Waals surface area contributed by atoms with E-state index in [0.717, 1.165) is 30.4 Å². The lowest BCUT2D eigenvalue weighted by Crippen LogP contribution is -2.38. The summed E-state index contributed by atoms with van der Waals surface area (Å²) in [6.07, 6.45) is 3.84. The zero-order valence-electron chi connectivity index (χ0n) is 11.1. The summed E-state index contributed by atoms with van der Waals surface area (Å²) in [4.78, 5) is 8.52. The van der Waals surface area contributed by atoms with Gasteiger partial charge in [0, 0.05) is 25.0 Å². The number of hydrogen-bond acceptors (Lipinski definition) is 3. The highest BCUT2D eigenvalue weighted by Crippen LogP contribution is 2.05. The van der Waals surface area contributed by atoms with E-state index in [9.17, 15) is 0 Å². The lowest BCUT2D eigenvalue weighted by atomic mass is 10.3. The van der Waals surface area contributed by atoms with Crippen molar-refractivity contribution < 1.29 is 0 Å². The molecular formula is C12H20ClIN4S. The second-order valence-electron chi connectivity index (χ2n) is 3.60. The summed E-state index contributed by atoms with van der Waals surface area (Å²) in [5, 5.41) is 6.99. The Morgan fingerprint density at radius 3 is 2.79 bits per heavy atom. The average Bonchev–Trinajstić information content (AvgIpc) is 2.38. The van der Waals surface area contributed by atoms with Crippen molar-refractivity contribution in [1.29, 1.82) is 0 Å². The molecule has 0 amide bonds. The van der Waals surface area contributed by atoms with Gasteiger partial charge in [0.05, 0.1) is 6.54 Å². The lowest BCUT2D eigenvalue weighted by molar-refractivity contribution is 0.842. The average molecular weight is 415 g/mol. The Morgan fingerprint density at radius 2 is 2.21 bits per heavy atom. The lowest BCUT2D eigenvalue weighted by Gasteiger charge is -2.10. The summed E-state index contributed by atoms with van der Waals surface area (Å²) in [6, 6.07) is 3.71. The van der Waals surface area contributed by atoms with Crippen molar-refractivity contribution in [3.05, 3.63) is 29.0 Å². The van der Waals surface area contributed by atoms with Gasteiger partial charge in [-0.25, -0.2) is 9.98 Å². The molecule has 0 bridgehead atoms. The molecule has 1 aromatic rings. The highest BCUT2D eigenvalue weighted by molar-refractivity contribution is 14.0. The van der Waals surface area contributed by atoms with Gasteiger partial charge in [-0.05, 0) is 24.8 Å². The Labute approximate surface area is 141 Å². The van der Waals surface area contributed by atoms with E-state index in [4.69, 9.17) is 11.6 Å². The number of halogens is 2. The van der Waals surface area contributed by atoms with Crippen molar-refractivity contribution in [2.24, 2.45) is 4.99 Å². The molecule has 0 unspecified atom stereocenters. The predicted octanol–water partition coefficient (Wildman–Crippen LogP) is 2.77. The van der Waals surface area contributed by atoms with Crippen molar-refractivity contribution in [3.63, 3.8) is 0 Å². The first-order valence-electron chi connectivity index (χ1n) is 5.87. The standard InChI is InChI=1S/C12H19ClN4S.HI/c1-3-14-12(15-6-7-18-2)17-9-10-4-5-11(13)16-8-10;/h4-5,8H,3,6-7,9H2,1-2H3,(H2,14,15,17);1H. The molecule has 0 aliphatic heterocycles. The number of nitrogens with zero attached hydrogens (tertiary/aromatic N) is 2. The van der Waals surface area contributed by atoms with E-state index in [-0.39, 0.29) is 24.0 Å². The van der Waals surface area contributed by atoms with E-state index in [2.05, 4.69) is 33.8 Å². The molecule has 0 aromatic carbocycles. The van der Waals surface area contributed by atoms with E-state index >= 15 is 0 Å². The van der Waals surface area contributed by atoms with E-state index < -0.39 is 0 Å². The molecule has 0 aliphatic carbocycles. The van der Waals surface area contributed by atoms with Crippen molar-refractivity contribution in [3.8, 4) is 0 Å². The van der Waals surface area contributed by atoms with Gasteiger partial charge in [-0.3, -0.25) is 0 Å². The van der Waals surface area contributed by atoms with E-state index in [1.165, 1.54) is 0 Å². The molecule has 0 saturated heterocycles. The van der Waals surface area contributed by atoms with E-state index in [1.807, 2.05) is 17.8 Å². The highest BCUT2D eigenvalue weighted by Gasteiger charge is 1.97. The van der Waals surface area contributed by atoms with Crippen LogP contribution in [0.1, 0.15) is 12.5 Å². The van der Waals surface area contributed by atoms with Gasteiger partial charge in [0.1, 0.15) is 5.15 Å². The molecule has 1 heterocycles. The van der Waals surface area contributed by atoms with Crippen LogP contribution in [0.15, 0.2) is 23.3 Å². The van der Waals surface area contributed by atoms with Crippen LogP contribution in [0.5, 0.6) is 0 Å². The van der Waals surface area contributed by atoms with Crippen LogP contribution in [-0.4, -0.2) is 36.0 Å². The zero-order valence-corrected chi connectivity index (χ0v) is 15.1. The van der Waals surface area contributed by atoms with Crippen LogP contribution in [0.4, 0.5) is 0 Å². The zero-order chi connectivity index (χ0) is 13.2. The SMILES string of the molecule is CCNC(=NCc1ccc(Cl)nc1)NCCSC.I. The number of aromatic nitrogens is 1. The number of nitrogens with one attached hydrogen (secondary N) is 2. The third-order valence-electron chi connectivity index (χ3n) is 2.15. The van der Waals surface area contributed by atoms with Gasteiger partial charge >= 0.3 is 0 Å². The normalized spacial score (nSPS) is 10.8. The number of hydrogen-bond donors (Lipinski definition) is 2. The number of pyridine rings is 1. The first-order chi connectivity index (χ1) is 8.76. The molecule has 0 spiro atoms. The molecule has 2 N–H and O–H groups in total. The Balaban J connectivity index is 0.00000324. The number of thioether (sulfide) groups is 1. The molecule has 7 heteroatoms. The van der Waals surface area contributed by atoms with Crippen LogP contribution in [0.3, 0.4) is 0 Å². The fourth-order valence-corrected chi connectivity index (χ4v) is 1.70. The Hall–Kier alpha value is -0.210.